The van der Waals surface area contributed by atoms with Crippen LogP contribution in [0.3, 0.4) is 0 Å². The second kappa shape index (κ2) is 8.12. The highest BCUT2D eigenvalue weighted by Gasteiger charge is 2.30. The Morgan fingerprint density at radius 2 is 1.39 bits per heavy atom. The second-order valence-corrected chi connectivity index (χ2v) is 9.21. The molecule has 6 aromatic rings. The minimum atomic E-state index is 0.573. The van der Waals surface area contributed by atoms with Gasteiger partial charge in [-0.3, -0.25) is 4.57 Å². The molecule has 0 saturated heterocycles. The Balaban J connectivity index is 1.54. The number of rotatable bonds is 2. The van der Waals surface area contributed by atoms with Crippen molar-refractivity contribution < 1.29 is 0 Å². The van der Waals surface area contributed by atoms with Gasteiger partial charge in [0, 0.05) is 21.1 Å². The number of para-hydroxylation sites is 2. The van der Waals surface area contributed by atoms with Gasteiger partial charge >= 0.3 is 0 Å². The van der Waals surface area contributed by atoms with E-state index in [-0.39, 0.29) is 0 Å². The molecular weight excluding hydrogens is 493 g/mol. The fraction of sp³-hybridized carbons (Fsp3) is 0. The molecule has 0 fully saturated rings. The van der Waals surface area contributed by atoms with Gasteiger partial charge in [0.2, 0.25) is 11.9 Å². The molecule has 1 aliphatic heterocycles. The lowest BCUT2D eigenvalue weighted by Gasteiger charge is -2.24. The summed E-state index contributed by atoms with van der Waals surface area (Å²) in [7, 11) is 0. The Labute approximate surface area is 215 Å². The molecular formula is C27H17Cl2N7. The van der Waals surface area contributed by atoms with Crippen LogP contribution in [-0.2, 0) is 0 Å². The largest absolute Gasteiger partial charge is 0.325 e. The monoisotopic (exact) mass is 509 g/mol. The maximum absolute atomic E-state index is 6.24. The van der Waals surface area contributed by atoms with Gasteiger partial charge in [-0.1, -0.05) is 47.5 Å². The lowest BCUT2D eigenvalue weighted by Crippen LogP contribution is -2.33. The topological polar surface area (TPSA) is 62.8 Å². The molecule has 9 heteroatoms. The lowest BCUT2D eigenvalue weighted by atomic mass is 10.2. The molecule has 3 heterocycles. The van der Waals surface area contributed by atoms with Crippen molar-refractivity contribution in [1.29, 1.82) is 0 Å². The first-order chi connectivity index (χ1) is 17.7. The van der Waals surface area contributed by atoms with Crippen molar-refractivity contribution in [2.24, 2.45) is 4.99 Å². The molecule has 7 rings (SSSR count). The average Bonchev–Trinajstić information content (AvgIpc) is 3.39. The SMILES string of the molecule is Clc1ccc(NC2=Nc3ccccc3-n3c(nn4nc5ccccc5c34)N2c2ccc(Cl)cc2)cc1. The summed E-state index contributed by atoms with van der Waals surface area (Å²) < 4.78 is 3.78. The van der Waals surface area contributed by atoms with Crippen LogP contribution in [0.1, 0.15) is 0 Å². The number of guanidine groups is 1. The van der Waals surface area contributed by atoms with Crippen molar-refractivity contribution in [3.63, 3.8) is 0 Å². The minimum absolute atomic E-state index is 0.573. The van der Waals surface area contributed by atoms with Crippen LogP contribution in [0.25, 0.3) is 22.2 Å². The van der Waals surface area contributed by atoms with Gasteiger partial charge in [-0.05, 0) is 72.8 Å². The van der Waals surface area contributed by atoms with Crippen LogP contribution < -0.4 is 10.2 Å². The van der Waals surface area contributed by atoms with E-state index in [4.69, 9.17) is 38.4 Å². The number of fused-ring (bicyclic) bond motifs is 7. The predicted molar refractivity (Wildman–Crippen MR) is 146 cm³/mol. The maximum atomic E-state index is 6.24. The number of aromatic nitrogens is 4. The third-order valence-electron chi connectivity index (χ3n) is 6.08. The van der Waals surface area contributed by atoms with Crippen LogP contribution in [0.2, 0.25) is 10.0 Å². The molecule has 0 aliphatic carbocycles. The van der Waals surface area contributed by atoms with E-state index < -0.39 is 0 Å². The maximum Gasteiger partial charge on any atom is 0.243 e. The van der Waals surface area contributed by atoms with Gasteiger partial charge in [-0.25, -0.2) is 9.89 Å². The highest BCUT2D eigenvalue weighted by Crippen LogP contribution is 2.39. The van der Waals surface area contributed by atoms with Gasteiger partial charge in [0.15, 0.2) is 5.65 Å². The Morgan fingerprint density at radius 1 is 0.694 bits per heavy atom. The fourth-order valence-corrected chi connectivity index (χ4v) is 4.71. The smallest absolute Gasteiger partial charge is 0.243 e. The van der Waals surface area contributed by atoms with Crippen LogP contribution in [0, 0.1) is 0 Å². The summed E-state index contributed by atoms with van der Waals surface area (Å²) in [6.45, 7) is 0. The van der Waals surface area contributed by atoms with Gasteiger partial charge < -0.3 is 5.32 Å². The predicted octanol–water partition coefficient (Wildman–Crippen LogP) is 7.23. The molecule has 0 radical (unpaired) electrons. The molecule has 36 heavy (non-hydrogen) atoms. The van der Waals surface area contributed by atoms with Crippen molar-refractivity contribution in [1.82, 2.24) is 19.4 Å². The van der Waals surface area contributed by atoms with E-state index in [9.17, 15) is 0 Å². The highest BCUT2D eigenvalue weighted by molar-refractivity contribution is 6.31. The third-order valence-corrected chi connectivity index (χ3v) is 6.58. The number of aliphatic imine (C=N–C) groups is 1. The summed E-state index contributed by atoms with van der Waals surface area (Å²) in [6, 6.07) is 31.1. The molecule has 174 valence electrons. The quantitative estimate of drug-likeness (QED) is 0.267. The Bertz CT molecular complexity index is 1780. The summed E-state index contributed by atoms with van der Waals surface area (Å²) in [5.41, 5.74) is 5.09. The zero-order valence-corrected chi connectivity index (χ0v) is 20.2. The molecule has 0 amide bonds. The van der Waals surface area contributed by atoms with Gasteiger partial charge in [0.05, 0.1) is 22.6 Å². The average molecular weight is 510 g/mol. The fourth-order valence-electron chi connectivity index (χ4n) is 4.46. The Morgan fingerprint density at radius 3 is 2.19 bits per heavy atom. The molecule has 0 bridgehead atoms. The number of halogens is 2. The summed E-state index contributed by atoms with van der Waals surface area (Å²) in [6.07, 6.45) is 0. The first-order valence-electron chi connectivity index (χ1n) is 11.3. The van der Waals surface area contributed by atoms with E-state index in [2.05, 4.69) is 16.0 Å². The highest BCUT2D eigenvalue weighted by atomic mass is 35.5. The van der Waals surface area contributed by atoms with Crippen LogP contribution in [0.15, 0.2) is 102 Å². The second-order valence-electron chi connectivity index (χ2n) is 8.33. The van der Waals surface area contributed by atoms with Crippen molar-refractivity contribution in [3.05, 3.63) is 107 Å². The van der Waals surface area contributed by atoms with E-state index in [1.54, 1.807) is 4.63 Å². The first-order valence-corrected chi connectivity index (χ1v) is 12.0. The van der Waals surface area contributed by atoms with Gasteiger partial charge in [-0.15, -0.1) is 14.8 Å². The number of benzene rings is 4. The first kappa shape index (κ1) is 21.0. The summed E-state index contributed by atoms with van der Waals surface area (Å²) >= 11 is 12.4. The standard InChI is InChI=1S/C27H17Cl2N7/c28-17-9-13-19(14-10-17)30-26-31-23-7-3-4-8-24(23)35-25-21-5-1-2-6-22(21)32-36(25)33-27(35)34(26)20-15-11-18(29)12-16-20/h1-16H,(H,30,31). The van der Waals surface area contributed by atoms with Crippen LogP contribution in [0.5, 0.6) is 0 Å². The molecule has 2 aromatic heterocycles. The molecule has 1 aliphatic rings. The van der Waals surface area contributed by atoms with Crippen LogP contribution in [0.4, 0.5) is 23.0 Å². The number of anilines is 3. The zero-order valence-electron chi connectivity index (χ0n) is 18.7. The van der Waals surface area contributed by atoms with Crippen LogP contribution >= 0.6 is 23.2 Å². The zero-order chi connectivity index (χ0) is 24.2. The van der Waals surface area contributed by atoms with E-state index in [1.807, 2.05) is 95.9 Å². The normalized spacial score (nSPS) is 12.8. The molecule has 4 aromatic carbocycles. The number of nitrogens with one attached hydrogen (secondary N) is 1. The number of hydrogen-bond donors (Lipinski definition) is 1. The van der Waals surface area contributed by atoms with E-state index in [1.165, 1.54) is 0 Å². The molecule has 0 spiro atoms. The van der Waals surface area contributed by atoms with Crippen molar-refractivity contribution in [2.45, 2.75) is 0 Å². The van der Waals surface area contributed by atoms with Crippen LogP contribution in [-0.4, -0.2) is 25.4 Å². The third kappa shape index (κ3) is 3.32. The van der Waals surface area contributed by atoms with Crippen molar-refractivity contribution >= 4 is 68.7 Å². The number of hydrogen-bond acceptors (Lipinski definition) is 5. The number of nitrogens with zero attached hydrogens (tertiary/aromatic N) is 6. The lowest BCUT2D eigenvalue weighted by molar-refractivity contribution is 0.833. The van der Waals surface area contributed by atoms with Gasteiger partial charge in [0.25, 0.3) is 0 Å². The van der Waals surface area contributed by atoms with E-state index >= 15 is 0 Å². The van der Waals surface area contributed by atoms with Crippen molar-refractivity contribution in [2.75, 3.05) is 10.2 Å². The van der Waals surface area contributed by atoms with Gasteiger partial charge in [-0.2, -0.15) is 0 Å². The molecule has 0 saturated carbocycles. The Hall–Kier alpha value is -4.33. The summed E-state index contributed by atoms with van der Waals surface area (Å²) in [5.74, 6) is 1.21. The van der Waals surface area contributed by atoms with E-state index in [0.29, 0.717) is 22.0 Å². The van der Waals surface area contributed by atoms with Gasteiger partial charge in [0.1, 0.15) is 0 Å². The molecule has 0 unspecified atom stereocenters. The van der Waals surface area contributed by atoms with Crippen molar-refractivity contribution in [3.8, 4) is 5.69 Å². The molecule has 1 N–H and O–H groups in total. The summed E-state index contributed by atoms with van der Waals surface area (Å²) in [5, 5.41) is 15.5. The van der Waals surface area contributed by atoms with E-state index in [0.717, 1.165) is 39.3 Å². The molecule has 0 atom stereocenters. The minimum Gasteiger partial charge on any atom is -0.325 e. The molecule has 7 nitrogen and oxygen atoms in total. The summed E-state index contributed by atoms with van der Waals surface area (Å²) in [4.78, 5) is 7.04. The Kier molecular flexibility index (Phi) is 4.73.